The number of rotatable bonds is 0. The van der Waals surface area contributed by atoms with Crippen molar-refractivity contribution in [1.29, 1.82) is 0 Å². The van der Waals surface area contributed by atoms with Gasteiger partial charge in [0.25, 0.3) is 0 Å². The lowest BCUT2D eigenvalue weighted by molar-refractivity contribution is 0.127. The van der Waals surface area contributed by atoms with Gasteiger partial charge in [-0.25, -0.2) is 0 Å². The van der Waals surface area contributed by atoms with Crippen LogP contribution in [0.5, 0.6) is 0 Å². The normalized spacial score (nSPS) is 10.5. The minimum Gasteiger partial charge on any atom is -0.407 e. The van der Waals surface area contributed by atoms with E-state index in [1.54, 1.807) is 6.07 Å². The van der Waals surface area contributed by atoms with Crippen molar-refractivity contribution in [3.8, 4) is 0 Å². The highest BCUT2D eigenvalue weighted by Crippen LogP contribution is 2.13. The minimum atomic E-state index is -0.610. The van der Waals surface area contributed by atoms with Gasteiger partial charge < -0.3 is 5.21 Å². The predicted octanol–water partition coefficient (Wildman–Crippen LogP) is 0.682. The Kier molecular flexibility index (Phi) is 1.66. The van der Waals surface area contributed by atoms with Crippen LogP contribution in [0.4, 0.5) is 0 Å². The summed E-state index contributed by atoms with van der Waals surface area (Å²) in [5.74, 6) is 0. The summed E-state index contributed by atoms with van der Waals surface area (Å²) in [6, 6.07) is 4.54. The van der Waals surface area contributed by atoms with E-state index >= 15 is 0 Å². The van der Waals surface area contributed by atoms with Crippen LogP contribution in [0.15, 0.2) is 23.0 Å². The van der Waals surface area contributed by atoms with Crippen molar-refractivity contribution >= 4 is 22.5 Å². The summed E-state index contributed by atoms with van der Waals surface area (Å²) in [5.41, 5.74) is -0.246. The van der Waals surface area contributed by atoms with Crippen LogP contribution in [0, 0.1) is 0 Å². The number of aromatic nitrogens is 3. The average Bonchev–Trinajstić information content (AvgIpc) is 2.12. The third-order valence-electron chi connectivity index (χ3n) is 1.61. The summed E-state index contributed by atoms with van der Waals surface area (Å²) in [5, 5.41) is 16.4. The number of halogens is 1. The maximum absolute atomic E-state index is 11.2. The number of benzene rings is 1. The van der Waals surface area contributed by atoms with Crippen molar-refractivity contribution in [3.05, 3.63) is 33.6 Å². The van der Waals surface area contributed by atoms with E-state index in [1.807, 2.05) is 0 Å². The van der Waals surface area contributed by atoms with E-state index in [9.17, 15) is 4.79 Å². The van der Waals surface area contributed by atoms with Crippen molar-refractivity contribution in [1.82, 2.24) is 15.2 Å². The van der Waals surface area contributed by atoms with Gasteiger partial charge in [0.2, 0.25) is 0 Å². The second-order valence-electron chi connectivity index (χ2n) is 2.45. The van der Waals surface area contributed by atoms with Crippen LogP contribution in [-0.2, 0) is 0 Å². The van der Waals surface area contributed by atoms with Gasteiger partial charge in [-0.3, -0.25) is 4.79 Å². The summed E-state index contributed by atoms with van der Waals surface area (Å²) in [7, 11) is 0. The molecule has 0 bridgehead atoms. The fraction of sp³-hybridized carbons (Fsp3) is 0. The SMILES string of the molecule is O=c1c2ccc(Cl)cc2nnn1O. The van der Waals surface area contributed by atoms with Crippen LogP contribution in [0.2, 0.25) is 5.02 Å². The highest BCUT2D eigenvalue weighted by molar-refractivity contribution is 6.31. The van der Waals surface area contributed by atoms with Crippen LogP contribution in [0.1, 0.15) is 0 Å². The Bertz CT molecular complexity index is 523. The highest BCUT2D eigenvalue weighted by Gasteiger charge is 2.03. The van der Waals surface area contributed by atoms with Crippen LogP contribution >= 0.6 is 11.6 Å². The maximum atomic E-state index is 11.2. The zero-order valence-electron chi connectivity index (χ0n) is 6.31. The van der Waals surface area contributed by atoms with Crippen molar-refractivity contribution in [3.63, 3.8) is 0 Å². The summed E-state index contributed by atoms with van der Waals surface area (Å²) < 4.78 is 0. The topological polar surface area (TPSA) is 68.0 Å². The van der Waals surface area contributed by atoms with Gasteiger partial charge in [-0.2, -0.15) is 0 Å². The Morgan fingerprint density at radius 3 is 3.00 bits per heavy atom. The first kappa shape index (κ1) is 8.00. The molecule has 5 nitrogen and oxygen atoms in total. The molecule has 6 heteroatoms. The Balaban J connectivity index is 2.95. The molecule has 2 rings (SSSR count). The van der Waals surface area contributed by atoms with Gasteiger partial charge in [-0.1, -0.05) is 11.6 Å². The lowest BCUT2D eigenvalue weighted by Gasteiger charge is -1.96. The zero-order chi connectivity index (χ0) is 9.42. The molecule has 0 amide bonds. The van der Waals surface area contributed by atoms with E-state index in [2.05, 4.69) is 10.3 Å². The molecule has 0 aliphatic rings. The van der Waals surface area contributed by atoms with Gasteiger partial charge in [0, 0.05) is 5.02 Å². The average molecular weight is 198 g/mol. The summed E-state index contributed by atoms with van der Waals surface area (Å²) in [6.45, 7) is 0. The molecule has 2 aromatic rings. The third-order valence-corrected chi connectivity index (χ3v) is 1.84. The third kappa shape index (κ3) is 1.23. The molecule has 0 fully saturated rings. The fourth-order valence-electron chi connectivity index (χ4n) is 1.01. The highest BCUT2D eigenvalue weighted by atomic mass is 35.5. The molecule has 0 saturated heterocycles. The van der Waals surface area contributed by atoms with E-state index < -0.39 is 5.56 Å². The van der Waals surface area contributed by atoms with Gasteiger partial charge in [-0.15, -0.1) is 5.10 Å². The Labute approximate surface area is 77.1 Å². The molecule has 1 aromatic carbocycles. The maximum Gasteiger partial charge on any atom is 0.314 e. The fourth-order valence-corrected chi connectivity index (χ4v) is 1.17. The minimum absolute atomic E-state index is 0.191. The van der Waals surface area contributed by atoms with E-state index in [0.29, 0.717) is 10.5 Å². The summed E-state index contributed by atoms with van der Waals surface area (Å²) in [6.07, 6.45) is 0. The first-order valence-electron chi connectivity index (χ1n) is 3.43. The van der Waals surface area contributed by atoms with Crippen molar-refractivity contribution in [2.45, 2.75) is 0 Å². The molecular weight excluding hydrogens is 194 g/mol. The molecular formula is C7H4ClN3O2. The molecule has 1 aromatic heterocycles. The van der Waals surface area contributed by atoms with E-state index in [-0.39, 0.29) is 10.2 Å². The van der Waals surface area contributed by atoms with Gasteiger partial charge in [-0.05, 0) is 28.3 Å². The second-order valence-corrected chi connectivity index (χ2v) is 2.88. The monoisotopic (exact) mass is 197 g/mol. The summed E-state index contributed by atoms with van der Waals surface area (Å²) >= 11 is 5.67. The van der Waals surface area contributed by atoms with Crippen LogP contribution in [0.25, 0.3) is 10.9 Å². The quantitative estimate of drug-likeness (QED) is 0.631. The molecule has 0 atom stereocenters. The van der Waals surface area contributed by atoms with E-state index in [1.165, 1.54) is 12.1 Å². The number of hydrogen-bond acceptors (Lipinski definition) is 4. The first-order valence-corrected chi connectivity index (χ1v) is 3.81. The van der Waals surface area contributed by atoms with Crippen LogP contribution in [0.3, 0.4) is 0 Å². The standard InChI is InChI=1S/C7H4ClN3O2/c8-4-1-2-5-6(3-4)9-10-11(13)7(5)12/h1-3,13H. The van der Waals surface area contributed by atoms with Crippen molar-refractivity contribution in [2.24, 2.45) is 0 Å². The Hall–Kier alpha value is -1.62. The van der Waals surface area contributed by atoms with E-state index in [4.69, 9.17) is 16.8 Å². The molecule has 66 valence electrons. The molecule has 0 aliphatic heterocycles. The molecule has 13 heavy (non-hydrogen) atoms. The van der Waals surface area contributed by atoms with Gasteiger partial charge in [0.1, 0.15) is 5.52 Å². The van der Waals surface area contributed by atoms with Gasteiger partial charge in [0.05, 0.1) is 5.39 Å². The van der Waals surface area contributed by atoms with Gasteiger partial charge in [0.15, 0.2) is 0 Å². The largest absolute Gasteiger partial charge is 0.407 e. The van der Waals surface area contributed by atoms with E-state index in [0.717, 1.165) is 0 Å². The Morgan fingerprint density at radius 2 is 2.23 bits per heavy atom. The predicted molar refractivity (Wildman–Crippen MR) is 46.0 cm³/mol. The smallest absolute Gasteiger partial charge is 0.314 e. The van der Waals surface area contributed by atoms with Crippen molar-refractivity contribution < 1.29 is 5.21 Å². The molecule has 0 saturated carbocycles. The number of hydrogen-bond donors (Lipinski definition) is 1. The molecule has 0 radical (unpaired) electrons. The second kappa shape index (κ2) is 2.70. The van der Waals surface area contributed by atoms with Crippen molar-refractivity contribution in [2.75, 3.05) is 0 Å². The molecule has 0 aliphatic carbocycles. The molecule has 1 heterocycles. The lowest BCUT2D eigenvalue weighted by Crippen LogP contribution is -2.21. The molecule has 0 spiro atoms. The summed E-state index contributed by atoms with van der Waals surface area (Å²) in [4.78, 5) is 11.4. The molecule has 1 N–H and O–H groups in total. The number of fused-ring (bicyclic) bond motifs is 1. The zero-order valence-corrected chi connectivity index (χ0v) is 7.06. The lowest BCUT2D eigenvalue weighted by atomic mass is 10.2. The Morgan fingerprint density at radius 1 is 1.46 bits per heavy atom. The first-order chi connectivity index (χ1) is 6.18. The van der Waals surface area contributed by atoms with Gasteiger partial charge >= 0.3 is 5.56 Å². The number of nitrogens with zero attached hydrogens (tertiary/aromatic N) is 3. The van der Waals surface area contributed by atoms with Crippen LogP contribution < -0.4 is 5.56 Å². The van der Waals surface area contributed by atoms with Crippen LogP contribution in [-0.4, -0.2) is 20.4 Å². The molecule has 0 unspecified atom stereocenters.